The third-order valence-electron chi connectivity index (χ3n) is 4.18. The number of rotatable bonds is 6. The van der Waals surface area contributed by atoms with Gasteiger partial charge in [-0.2, -0.15) is 0 Å². The summed E-state index contributed by atoms with van der Waals surface area (Å²) in [6.07, 6.45) is 2.54. The van der Waals surface area contributed by atoms with Gasteiger partial charge in [-0.05, 0) is 24.6 Å². The van der Waals surface area contributed by atoms with E-state index in [4.69, 9.17) is 16.0 Å². The van der Waals surface area contributed by atoms with E-state index in [0.717, 1.165) is 16.9 Å². The lowest BCUT2D eigenvalue weighted by Crippen LogP contribution is -2.26. The van der Waals surface area contributed by atoms with E-state index < -0.39 is 0 Å². The zero-order valence-electron chi connectivity index (χ0n) is 14.9. The lowest BCUT2D eigenvalue weighted by atomic mass is 10.1. The van der Waals surface area contributed by atoms with Gasteiger partial charge >= 0.3 is 0 Å². The van der Waals surface area contributed by atoms with Crippen molar-refractivity contribution >= 4 is 17.5 Å². The standard InChI is InChI=1S/C21H21ClN2O2/c1-15-6-8-17(9-7-15)19-13-23-20(26-19)10-11-21(25)24(2)14-16-4-3-5-18(22)12-16/h3-9,12-13H,10-11,14H2,1-2H3. The average Bonchev–Trinajstić information content (AvgIpc) is 3.09. The molecule has 1 aromatic heterocycles. The summed E-state index contributed by atoms with van der Waals surface area (Å²) in [5, 5.41) is 0.673. The number of halogens is 1. The molecule has 5 heteroatoms. The van der Waals surface area contributed by atoms with E-state index >= 15 is 0 Å². The lowest BCUT2D eigenvalue weighted by molar-refractivity contribution is -0.130. The molecule has 0 radical (unpaired) electrons. The fourth-order valence-corrected chi connectivity index (χ4v) is 2.89. The molecule has 0 N–H and O–H groups in total. The molecule has 2 aromatic carbocycles. The summed E-state index contributed by atoms with van der Waals surface area (Å²) in [6.45, 7) is 2.57. The van der Waals surface area contributed by atoms with Crippen molar-refractivity contribution in [2.75, 3.05) is 7.05 Å². The summed E-state index contributed by atoms with van der Waals surface area (Å²) < 4.78 is 5.77. The molecule has 0 unspecified atom stereocenters. The maximum absolute atomic E-state index is 12.3. The lowest BCUT2D eigenvalue weighted by Gasteiger charge is -2.17. The topological polar surface area (TPSA) is 46.3 Å². The number of benzene rings is 2. The third-order valence-corrected chi connectivity index (χ3v) is 4.41. The normalized spacial score (nSPS) is 10.7. The molecule has 0 spiro atoms. The van der Waals surface area contributed by atoms with E-state index in [9.17, 15) is 4.79 Å². The Kier molecular flexibility index (Phi) is 5.74. The fourth-order valence-electron chi connectivity index (χ4n) is 2.68. The van der Waals surface area contributed by atoms with Crippen molar-refractivity contribution in [1.82, 2.24) is 9.88 Å². The van der Waals surface area contributed by atoms with Crippen molar-refractivity contribution in [2.45, 2.75) is 26.3 Å². The van der Waals surface area contributed by atoms with Crippen LogP contribution in [0.25, 0.3) is 11.3 Å². The van der Waals surface area contributed by atoms with Gasteiger partial charge in [-0.3, -0.25) is 4.79 Å². The molecule has 1 amide bonds. The molecule has 26 heavy (non-hydrogen) atoms. The number of amides is 1. The minimum atomic E-state index is 0.0417. The van der Waals surface area contributed by atoms with Gasteiger partial charge in [0.25, 0.3) is 0 Å². The van der Waals surface area contributed by atoms with E-state index in [1.807, 2.05) is 55.5 Å². The van der Waals surface area contributed by atoms with E-state index in [1.54, 1.807) is 18.1 Å². The molecule has 0 atom stereocenters. The van der Waals surface area contributed by atoms with Crippen molar-refractivity contribution < 1.29 is 9.21 Å². The fraction of sp³-hybridized carbons (Fsp3) is 0.238. The molecular weight excluding hydrogens is 348 g/mol. The molecule has 1 heterocycles. The Bertz CT molecular complexity index is 887. The van der Waals surface area contributed by atoms with Crippen LogP contribution >= 0.6 is 11.6 Å². The van der Waals surface area contributed by atoms with Crippen LogP contribution in [0, 0.1) is 6.92 Å². The van der Waals surface area contributed by atoms with Crippen LogP contribution in [0.1, 0.15) is 23.4 Å². The second kappa shape index (κ2) is 8.19. The average molecular weight is 369 g/mol. The van der Waals surface area contributed by atoms with Crippen molar-refractivity contribution in [3.05, 3.63) is 76.8 Å². The van der Waals surface area contributed by atoms with Crippen LogP contribution in [0.5, 0.6) is 0 Å². The van der Waals surface area contributed by atoms with Gasteiger partial charge in [0, 0.05) is 37.0 Å². The predicted octanol–water partition coefficient (Wildman–Crippen LogP) is 4.89. The summed E-state index contributed by atoms with van der Waals surface area (Å²) in [4.78, 5) is 18.3. The van der Waals surface area contributed by atoms with Crippen LogP contribution in [0.15, 0.2) is 59.1 Å². The van der Waals surface area contributed by atoms with E-state index in [2.05, 4.69) is 4.98 Å². The second-order valence-electron chi connectivity index (χ2n) is 6.36. The Balaban J connectivity index is 1.55. The quantitative estimate of drug-likeness (QED) is 0.622. The number of nitrogens with zero attached hydrogens (tertiary/aromatic N) is 2. The van der Waals surface area contributed by atoms with Gasteiger partial charge in [0.2, 0.25) is 5.91 Å². The highest BCUT2D eigenvalue weighted by atomic mass is 35.5. The maximum atomic E-state index is 12.3. The second-order valence-corrected chi connectivity index (χ2v) is 6.80. The van der Waals surface area contributed by atoms with Crippen LogP contribution in [0.2, 0.25) is 5.02 Å². The van der Waals surface area contributed by atoms with Gasteiger partial charge in [-0.15, -0.1) is 0 Å². The van der Waals surface area contributed by atoms with Gasteiger partial charge < -0.3 is 9.32 Å². The summed E-state index contributed by atoms with van der Waals surface area (Å²) in [5.41, 5.74) is 3.19. The first-order valence-electron chi connectivity index (χ1n) is 8.51. The Morgan fingerprint density at radius 3 is 2.69 bits per heavy atom. The number of hydrogen-bond donors (Lipinski definition) is 0. The minimum absolute atomic E-state index is 0.0417. The largest absolute Gasteiger partial charge is 0.441 e. The SMILES string of the molecule is Cc1ccc(-c2cnc(CCC(=O)N(C)Cc3cccc(Cl)c3)o2)cc1. The first-order valence-corrected chi connectivity index (χ1v) is 8.89. The molecule has 0 aliphatic heterocycles. The van der Waals surface area contributed by atoms with Gasteiger partial charge in [0.1, 0.15) is 0 Å². The Morgan fingerprint density at radius 2 is 1.96 bits per heavy atom. The zero-order valence-corrected chi connectivity index (χ0v) is 15.7. The minimum Gasteiger partial charge on any atom is -0.441 e. The number of oxazole rings is 1. The van der Waals surface area contributed by atoms with E-state index in [0.29, 0.717) is 30.3 Å². The molecule has 4 nitrogen and oxygen atoms in total. The van der Waals surface area contributed by atoms with Crippen LogP contribution < -0.4 is 0 Å². The van der Waals surface area contributed by atoms with Crippen molar-refractivity contribution in [3.8, 4) is 11.3 Å². The molecule has 0 aliphatic carbocycles. The number of carbonyl (C=O) groups is 1. The molecule has 0 aliphatic rings. The van der Waals surface area contributed by atoms with Crippen molar-refractivity contribution in [2.24, 2.45) is 0 Å². The number of hydrogen-bond acceptors (Lipinski definition) is 3. The smallest absolute Gasteiger partial charge is 0.223 e. The summed E-state index contributed by atoms with van der Waals surface area (Å²) in [7, 11) is 1.79. The van der Waals surface area contributed by atoms with Gasteiger partial charge in [0.15, 0.2) is 11.7 Å². The Hall–Kier alpha value is -2.59. The van der Waals surface area contributed by atoms with Crippen molar-refractivity contribution in [1.29, 1.82) is 0 Å². The molecule has 0 saturated heterocycles. The van der Waals surface area contributed by atoms with Gasteiger partial charge in [0.05, 0.1) is 6.20 Å². The van der Waals surface area contributed by atoms with Crippen LogP contribution in [0.4, 0.5) is 0 Å². The zero-order chi connectivity index (χ0) is 18.5. The Morgan fingerprint density at radius 1 is 1.19 bits per heavy atom. The molecule has 134 valence electrons. The Labute approximate surface area is 158 Å². The third kappa shape index (κ3) is 4.73. The highest BCUT2D eigenvalue weighted by Crippen LogP contribution is 2.21. The van der Waals surface area contributed by atoms with E-state index in [-0.39, 0.29) is 5.91 Å². The van der Waals surface area contributed by atoms with Gasteiger partial charge in [-0.25, -0.2) is 4.98 Å². The predicted molar refractivity (Wildman–Crippen MR) is 103 cm³/mol. The molecule has 3 aromatic rings. The summed E-state index contributed by atoms with van der Waals surface area (Å²) >= 11 is 5.99. The van der Waals surface area contributed by atoms with Crippen molar-refractivity contribution in [3.63, 3.8) is 0 Å². The number of aromatic nitrogens is 1. The first kappa shape index (κ1) is 18.2. The van der Waals surface area contributed by atoms with Crippen LogP contribution in [-0.2, 0) is 17.8 Å². The summed E-state index contributed by atoms with van der Waals surface area (Å²) in [5.74, 6) is 1.34. The highest BCUT2D eigenvalue weighted by Gasteiger charge is 2.13. The number of carbonyl (C=O) groups excluding carboxylic acids is 1. The monoisotopic (exact) mass is 368 g/mol. The molecule has 0 fully saturated rings. The van der Waals surface area contributed by atoms with Crippen LogP contribution in [-0.4, -0.2) is 22.8 Å². The van der Waals surface area contributed by atoms with Crippen LogP contribution in [0.3, 0.4) is 0 Å². The molecule has 3 rings (SSSR count). The molecule has 0 saturated carbocycles. The molecule has 0 bridgehead atoms. The first-order chi connectivity index (χ1) is 12.5. The summed E-state index contributed by atoms with van der Waals surface area (Å²) in [6, 6.07) is 15.6. The van der Waals surface area contributed by atoms with Gasteiger partial charge in [-0.1, -0.05) is 53.6 Å². The van der Waals surface area contributed by atoms with E-state index in [1.165, 1.54) is 5.56 Å². The highest BCUT2D eigenvalue weighted by molar-refractivity contribution is 6.30. The maximum Gasteiger partial charge on any atom is 0.223 e. The number of aryl methyl sites for hydroxylation is 2. The molecular formula is C21H21ClN2O2.